The lowest BCUT2D eigenvalue weighted by atomic mass is 10.3. The third-order valence-corrected chi connectivity index (χ3v) is 2.31. The van der Waals surface area contributed by atoms with Crippen LogP contribution in [0.25, 0.3) is 0 Å². The SMILES string of the molecule is Cc1cc(=O)cc(C)n1CC(=O)NC(C)C. The lowest BCUT2D eigenvalue weighted by Crippen LogP contribution is -2.34. The third-order valence-electron chi connectivity index (χ3n) is 2.31. The van der Waals surface area contributed by atoms with Gasteiger partial charge in [-0.05, 0) is 27.7 Å². The molecule has 1 aromatic heterocycles. The van der Waals surface area contributed by atoms with E-state index in [4.69, 9.17) is 0 Å². The van der Waals surface area contributed by atoms with Crippen molar-refractivity contribution < 1.29 is 4.79 Å². The van der Waals surface area contributed by atoms with E-state index in [2.05, 4.69) is 5.32 Å². The van der Waals surface area contributed by atoms with Crippen molar-refractivity contribution in [3.05, 3.63) is 33.7 Å². The van der Waals surface area contributed by atoms with Gasteiger partial charge >= 0.3 is 0 Å². The molecule has 0 aromatic carbocycles. The van der Waals surface area contributed by atoms with E-state index in [9.17, 15) is 9.59 Å². The van der Waals surface area contributed by atoms with Gasteiger partial charge < -0.3 is 9.88 Å². The van der Waals surface area contributed by atoms with Crippen LogP contribution < -0.4 is 10.7 Å². The maximum atomic E-state index is 11.6. The highest BCUT2D eigenvalue weighted by Crippen LogP contribution is 2.01. The summed E-state index contributed by atoms with van der Waals surface area (Å²) >= 11 is 0. The van der Waals surface area contributed by atoms with Gasteiger partial charge in [0.1, 0.15) is 6.54 Å². The average Bonchev–Trinajstić information content (AvgIpc) is 2.09. The third kappa shape index (κ3) is 3.22. The molecule has 0 saturated carbocycles. The number of carbonyl (C=O) groups is 1. The number of amides is 1. The molecule has 0 radical (unpaired) electrons. The molecule has 0 saturated heterocycles. The van der Waals surface area contributed by atoms with E-state index in [1.807, 2.05) is 32.3 Å². The molecule has 88 valence electrons. The van der Waals surface area contributed by atoms with Crippen molar-refractivity contribution in [2.24, 2.45) is 0 Å². The molecule has 0 spiro atoms. The van der Waals surface area contributed by atoms with E-state index in [0.717, 1.165) is 11.4 Å². The van der Waals surface area contributed by atoms with Crippen molar-refractivity contribution in [2.45, 2.75) is 40.3 Å². The van der Waals surface area contributed by atoms with E-state index in [1.54, 1.807) is 0 Å². The topological polar surface area (TPSA) is 51.1 Å². The second-order valence-corrected chi connectivity index (χ2v) is 4.28. The van der Waals surface area contributed by atoms with E-state index in [1.165, 1.54) is 12.1 Å². The number of pyridine rings is 1. The monoisotopic (exact) mass is 222 g/mol. The molecule has 1 N–H and O–H groups in total. The molecule has 4 nitrogen and oxygen atoms in total. The number of nitrogens with one attached hydrogen (secondary N) is 1. The van der Waals surface area contributed by atoms with E-state index < -0.39 is 0 Å². The molecule has 0 unspecified atom stereocenters. The van der Waals surface area contributed by atoms with Crippen LogP contribution in [-0.2, 0) is 11.3 Å². The first-order valence-corrected chi connectivity index (χ1v) is 5.37. The number of nitrogens with zero attached hydrogens (tertiary/aromatic N) is 1. The van der Waals surface area contributed by atoms with Crippen LogP contribution in [0.3, 0.4) is 0 Å². The van der Waals surface area contributed by atoms with Gasteiger partial charge in [0.05, 0.1) is 0 Å². The first kappa shape index (κ1) is 12.5. The smallest absolute Gasteiger partial charge is 0.240 e. The summed E-state index contributed by atoms with van der Waals surface area (Å²) in [5.41, 5.74) is 1.60. The Labute approximate surface area is 95.3 Å². The maximum absolute atomic E-state index is 11.6. The van der Waals surface area contributed by atoms with Gasteiger partial charge in [-0.25, -0.2) is 0 Å². The molecular formula is C12H18N2O2. The van der Waals surface area contributed by atoms with Crippen LogP contribution in [0.4, 0.5) is 0 Å². The molecule has 0 aliphatic heterocycles. The molecule has 0 bridgehead atoms. The van der Waals surface area contributed by atoms with Crippen LogP contribution in [0.15, 0.2) is 16.9 Å². The largest absolute Gasteiger partial charge is 0.352 e. The van der Waals surface area contributed by atoms with E-state index >= 15 is 0 Å². The lowest BCUT2D eigenvalue weighted by Gasteiger charge is -2.15. The Kier molecular flexibility index (Phi) is 3.88. The number of hydrogen-bond acceptors (Lipinski definition) is 2. The molecule has 16 heavy (non-hydrogen) atoms. The van der Waals surface area contributed by atoms with Crippen molar-refractivity contribution in [3.63, 3.8) is 0 Å². The minimum Gasteiger partial charge on any atom is -0.352 e. The van der Waals surface area contributed by atoms with Crippen molar-refractivity contribution in [3.8, 4) is 0 Å². The molecular weight excluding hydrogens is 204 g/mol. The standard InChI is InChI=1S/C12H18N2O2/c1-8(2)13-12(16)7-14-9(3)5-11(15)6-10(14)4/h5-6,8H,7H2,1-4H3,(H,13,16). The summed E-state index contributed by atoms with van der Waals surface area (Å²) in [6.45, 7) is 7.76. The van der Waals surface area contributed by atoms with Gasteiger partial charge in [0.25, 0.3) is 0 Å². The van der Waals surface area contributed by atoms with Gasteiger partial charge in [-0.3, -0.25) is 9.59 Å². The summed E-state index contributed by atoms with van der Waals surface area (Å²) in [6, 6.07) is 3.21. The van der Waals surface area contributed by atoms with E-state index in [0.29, 0.717) is 0 Å². The molecule has 1 aromatic rings. The minimum atomic E-state index is -0.0372. The van der Waals surface area contributed by atoms with E-state index in [-0.39, 0.29) is 23.9 Å². The van der Waals surface area contributed by atoms with Gasteiger partial charge in [0.2, 0.25) is 5.91 Å². The zero-order valence-corrected chi connectivity index (χ0v) is 10.2. The summed E-state index contributed by atoms with van der Waals surface area (Å²) in [7, 11) is 0. The average molecular weight is 222 g/mol. The van der Waals surface area contributed by atoms with Crippen LogP contribution in [0, 0.1) is 13.8 Å². The fraction of sp³-hybridized carbons (Fsp3) is 0.500. The highest BCUT2D eigenvalue weighted by atomic mass is 16.2. The molecule has 1 heterocycles. The number of hydrogen-bond donors (Lipinski definition) is 1. The van der Waals surface area contributed by atoms with Crippen LogP contribution in [0.2, 0.25) is 0 Å². The van der Waals surface area contributed by atoms with Gasteiger partial charge in [-0.1, -0.05) is 0 Å². The van der Waals surface area contributed by atoms with Gasteiger partial charge in [0.15, 0.2) is 5.43 Å². The fourth-order valence-corrected chi connectivity index (χ4v) is 1.65. The zero-order valence-electron chi connectivity index (χ0n) is 10.2. The molecule has 1 rings (SSSR count). The summed E-state index contributed by atoms with van der Waals surface area (Å²) in [6.07, 6.45) is 0. The van der Waals surface area contributed by atoms with Gasteiger partial charge in [-0.15, -0.1) is 0 Å². The summed E-state index contributed by atoms with van der Waals surface area (Å²) in [4.78, 5) is 22.8. The highest BCUT2D eigenvalue weighted by Gasteiger charge is 2.07. The van der Waals surface area contributed by atoms with Crippen LogP contribution in [0.1, 0.15) is 25.2 Å². The number of aromatic nitrogens is 1. The summed E-state index contributed by atoms with van der Waals surface area (Å²) in [5, 5.41) is 2.82. The number of aryl methyl sites for hydroxylation is 2. The summed E-state index contributed by atoms with van der Waals surface area (Å²) < 4.78 is 1.83. The first-order chi connectivity index (χ1) is 7.40. The molecule has 0 aliphatic carbocycles. The lowest BCUT2D eigenvalue weighted by molar-refractivity contribution is -0.122. The Balaban J connectivity index is 2.89. The Bertz CT molecular complexity index is 421. The minimum absolute atomic E-state index is 0.0180. The van der Waals surface area contributed by atoms with Crippen molar-refractivity contribution in [2.75, 3.05) is 0 Å². The number of rotatable bonds is 3. The van der Waals surface area contributed by atoms with Crippen LogP contribution in [-0.4, -0.2) is 16.5 Å². The zero-order chi connectivity index (χ0) is 12.3. The van der Waals surface area contributed by atoms with Crippen LogP contribution >= 0.6 is 0 Å². The fourth-order valence-electron chi connectivity index (χ4n) is 1.65. The van der Waals surface area contributed by atoms with Gasteiger partial charge in [0, 0.05) is 29.6 Å². The molecule has 1 amide bonds. The molecule has 0 fully saturated rings. The quantitative estimate of drug-likeness (QED) is 0.829. The van der Waals surface area contributed by atoms with Crippen LogP contribution in [0.5, 0.6) is 0 Å². The Morgan fingerprint density at radius 2 is 1.81 bits per heavy atom. The van der Waals surface area contributed by atoms with Crippen molar-refractivity contribution in [1.29, 1.82) is 0 Å². The Morgan fingerprint density at radius 1 is 1.31 bits per heavy atom. The Morgan fingerprint density at radius 3 is 2.25 bits per heavy atom. The first-order valence-electron chi connectivity index (χ1n) is 5.37. The van der Waals surface area contributed by atoms with Crippen molar-refractivity contribution in [1.82, 2.24) is 9.88 Å². The maximum Gasteiger partial charge on any atom is 0.240 e. The molecule has 0 atom stereocenters. The Hall–Kier alpha value is -1.58. The normalized spacial score (nSPS) is 10.6. The molecule has 0 aliphatic rings. The highest BCUT2D eigenvalue weighted by molar-refractivity contribution is 5.76. The van der Waals surface area contributed by atoms with Crippen molar-refractivity contribution >= 4 is 5.91 Å². The second-order valence-electron chi connectivity index (χ2n) is 4.28. The van der Waals surface area contributed by atoms with Gasteiger partial charge in [-0.2, -0.15) is 0 Å². The second kappa shape index (κ2) is 4.96. The predicted molar refractivity (Wildman–Crippen MR) is 63.5 cm³/mol. The molecule has 4 heteroatoms. The summed E-state index contributed by atoms with van der Waals surface area (Å²) in [5.74, 6) is -0.0372. The predicted octanol–water partition coefficient (Wildman–Crippen LogP) is 0.990. The number of carbonyl (C=O) groups excluding carboxylic acids is 1.